The minimum Gasteiger partial charge on any atom is -0.363 e. The maximum atomic E-state index is 13.3. The van der Waals surface area contributed by atoms with Gasteiger partial charge in [0.25, 0.3) is 5.95 Å². The zero-order valence-electron chi connectivity index (χ0n) is 9.35. The highest BCUT2D eigenvalue weighted by molar-refractivity contribution is 5.37. The highest BCUT2D eigenvalue weighted by Gasteiger charge is 2.12. The molecule has 0 saturated heterocycles. The van der Waals surface area contributed by atoms with Gasteiger partial charge in [-0.25, -0.2) is 17.6 Å². The van der Waals surface area contributed by atoms with Crippen LogP contribution in [0, 0.1) is 29.2 Å². The summed E-state index contributed by atoms with van der Waals surface area (Å²) in [4.78, 5) is 3.01. The summed E-state index contributed by atoms with van der Waals surface area (Å²) in [6.45, 7) is -0.249. The van der Waals surface area contributed by atoms with E-state index in [1.807, 2.05) is 0 Å². The van der Waals surface area contributed by atoms with Crippen LogP contribution in [0.25, 0.3) is 0 Å². The summed E-state index contributed by atoms with van der Waals surface area (Å²) in [5.74, 6) is -6.14. The lowest BCUT2D eigenvalue weighted by atomic mass is 10.2. The predicted molar refractivity (Wildman–Crippen MR) is 57.8 cm³/mol. The number of aromatic nitrogens is 1. The summed E-state index contributed by atoms with van der Waals surface area (Å²) >= 11 is 0. The van der Waals surface area contributed by atoms with Crippen LogP contribution in [0.3, 0.4) is 0 Å². The number of benzene rings is 1. The van der Waals surface area contributed by atoms with E-state index >= 15 is 0 Å². The van der Waals surface area contributed by atoms with Crippen molar-refractivity contribution in [3.8, 4) is 0 Å². The van der Waals surface area contributed by atoms with Gasteiger partial charge in [-0.15, -0.1) is 0 Å². The topological polar surface area (TPSA) is 24.9 Å². The van der Waals surface area contributed by atoms with Crippen molar-refractivity contribution in [3.63, 3.8) is 0 Å². The third-order valence-electron chi connectivity index (χ3n) is 2.35. The number of nitrogens with one attached hydrogen (secondary N) is 1. The van der Waals surface area contributed by atoms with Crippen LogP contribution in [0.5, 0.6) is 0 Å². The second kappa shape index (κ2) is 5.21. The first-order valence-corrected chi connectivity index (χ1v) is 5.16. The molecule has 100 valence electrons. The number of hydrogen-bond acceptors (Lipinski definition) is 2. The molecule has 0 unspecified atom stereocenters. The number of anilines is 1. The zero-order valence-corrected chi connectivity index (χ0v) is 9.35. The van der Waals surface area contributed by atoms with Gasteiger partial charge in [0.15, 0.2) is 17.5 Å². The fraction of sp³-hybridized carbons (Fsp3) is 0.0833. The third kappa shape index (κ3) is 2.98. The summed E-state index contributed by atoms with van der Waals surface area (Å²) in [5, 5.41) is 2.30. The Hall–Kier alpha value is -2.18. The summed E-state index contributed by atoms with van der Waals surface area (Å²) in [7, 11) is 0. The van der Waals surface area contributed by atoms with E-state index in [1.165, 1.54) is 0 Å². The van der Waals surface area contributed by atoms with Crippen LogP contribution in [0.2, 0.25) is 0 Å². The molecule has 2 aromatic rings. The molecule has 1 N–H and O–H groups in total. The largest absolute Gasteiger partial charge is 0.363 e. The van der Waals surface area contributed by atoms with E-state index in [0.29, 0.717) is 12.1 Å². The molecule has 0 atom stereocenters. The Balaban J connectivity index is 2.16. The fourth-order valence-corrected chi connectivity index (χ4v) is 1.41. The highest BCUT2D eigenvalue weighted by atomic mass is 19.2. The third-order valence-corrected chi connectivity index (χ3v) is 2.35. The lowest BCUT2D eigenvalue weighted by molar-refractivity contribution is 0.466. The van der Waals surface area contributed by atoms with Crippen LogP contribution in [0.4, 0.5) is 27.8 Å². The molecule has 0 aliphatic heterocycles. The molecule has 1 heterocycles. The normalized spacial score (nSPS) is 10.6. The van der Waals surface area contributed by atoms with E-state index in [0.717, 1.165) is 12.1 Å². The molecular weight excluding hydrogens is 267 g/mol. The number of hydrogen-bond donors (Lipinski definition) is 1. The van der Waals surface area contributed by atoms with Crippen LogP contribution in [-0.2, 0) is 6.54 Å². The van der Waals surface area contributed by atoms with Crippen molar-refractivity contribution in [3.05, 3.63) is 59.0 Å². The highest BCUT2D eigenvalue weighted by Crippen LogP contribution is 2.16. The van der Waals surface area contributed by atoms with Gasteiger partial charge in [0.05, 0.1) is 0 Å². The molecule has 2 nitrogen and oxygen atoms in total. The predicted octanol–water partition coefficient (Wildman–Crippen LogP) is 3.39. The van der Waals surface area contributed by atoms with Gasteiger partial charge in [-0.05, 0) is 6.07 Å². The van der Waals surface area contributed by atoms with E-state index in [9.17, 15) is 22.0 Å². The Bertz CT molecular complexity index is 615. The second-order valence-corrected chi connectivity index (χ2v) is 3.68. The Morgan fingerprint density at radius 2 is 1.63 bits per heavy atom. The fourth-order valence-electron chi connectivity index (χ4n) is 1.41. The van der Waals surface area contributed by atoms with Gasteiger partial charge in [0.1, 0.15) is 11.6 Å². The molecule has 0 radical (unpaired) electrons. The molecule has 0 amide bonds. The van der Waals surface area contributed by atoms with E-state index in [2.05, 4.69) is 10.3 Å². The number of nitrogens with zero attached hydrogens (tertiary/aromatic N) is 1. The van der Waals surface area contributed by atoms with Gasteiger partial charge in [0.2, 0.25) is 0 Å². The van der Waals surface area contributed by atoms with E-state index in [4.69, 9.17) is 0 Å². The quantitative estimate of drug-likeness (QED) is 0.685. The molecule has 0 spiro atoms. The number of rotatable bonds is 3. The van der Waals surface area contributed by atoms with E-state index in [1.54, 1.807) is 0 Å². The molecule has 1 aromatic carbocycles. The summed E-state index contributed by atoms with van der Waals surface area (Å²) in [5.41, 5.74) is 0.0346. The minimum absolute atomic E-state index is 0.0346. The Labute approximate surface area is 104 Å². The molecule has 0 aliphatic carbocycles. The van der Waals surface area contributed by atoms with Gasteiger partial charge >= 0.3 is 0 Å². The minimum atomic E-state index is -1.47. The Morgan fingerprint density at radius 1 is 0.895 bits per heavy atom. The summed E-state index contributed by atoms with van der Waals surface area (Å²) < 4.78 is 64.6. The molecule has 2 rings (SSSR count). The second-order valence-electron chi connectivity index (χ2n) is 3.68. The first-order chi connectivity index (χ1) is 8.97. The van der Waals surface area contributed by atoms with Crippen molar-refractivity contribution >= 4 is 5.82 Å². The van der Waals surface area contributed by atoms with Gasteiger partial charge in [-0.2, -0.15) is 9.37 Å². The molecule has 0 saturated carbocycles. The van der Waals surface area contributed by atoms with Gasteiger partial charge < -0.3 is 5.32 Å². The standard InChI is InChI=1S/C12H7F5N2/c13-7-2-1-6(8(14)3-7)5-18-12-10(16)4-9(15)11(17)19-12/h1-4H,5H2,(H,18,19). The number of pyridine rings is 1. The van der Waals surface area contributed by atoms with Crippen LogP contribution in [0.1, 0.15) is 5.56 Å². The van der Waals surface area contributed by atoms with Gasteiger partial charge in [0, 0.05) is 24.2 Å². The maximum absolute atomic E-state index is 13.3. The molecule has 19 heavy (non-hydrogen) atoms. The molecular formula is C12H7F5N2. The number of halogens is 5. The summed E-state index contributed by atoms with van der Waals surface area (Å²) in [6.07, 6.45) is 0. The first-order valence-electron chi connectivity index (χ1n) is 5.16. The lowest BCUT2D eigenvalue weighted by Gasteiger charge is -2.08. The molecule has 0 fully saturated rings. The average molecular weight is 274 g/mol. The smallest absolute Gasteiger partial charge is 0.251 e. The van der Waals surface area contributed by atoms with Crippen LogP contribution in [-0.4, -0.2) is 4.98 Å². The van der Waals surface area contributed by atoms with Gasteiger partial charge in [-0.1, -0.05) is 6.07 Å². The first kappa shape index (κ1) is 13.3. The maximum Gasteiger partial charge on any atom is 0.251 e. The van der Waals surface area contributed by atoms with Crippen molar-refractivity contribution in [2.24, 2.45) is 0 Å². The van der Waals surface area contributed by atoms with E-state index < -0.39 is 35.0 Å². The molecule has 0 aliphatic rings. The summed E-state index contributed by atoms with van der Waals surface area (Å²) in [6, 6.07) is 3.16. The van der Waals surface area contributed by atoms with Gasteiger partial charge in [-0.3, -0.25) is 0 Å². The Kier molecular flexibility index (Phi) is 3.64. The lowest BCUT2D eigenvalue weighted by Crippen LogP contribution is -2.07. The monoisotopic (exact) mass is 274 g/mol. The molecule has 1 aromatic heterocycles. The van der Waals surface area contributed by atoms with Crippen molar-refractivity contribution < 1.29 is 22.0 Å². The Morgan fingerprint density at radius 3 is 2.32 bits per heavy atom. The van der Waals surface area contributed by atoms with E-state index in [-0.39, 0.29) is 12.1 Å². The van der Waals surface area contributed by atoms with Crippen LogP contribution >= 0.6 is 0 Å². The average Bonchev–Trinajstić information content (AvgIpc) is 2.34. The van der Waals surface area contributed by atoms with Crippen molar-refractivity contribution in [2.75, 3.05) is 5.32 Å². The van der Waals surface area contributed by atoms with Crippen molar-refractivity contribution in [1.29, 1.82) is 0 Å². The van der Waals surface area contributed by atoms with Crippen LogP contribution in [0.15, 0.2) is 24.3 Å². The zero-order chi connectivity index (χ0) is 14.0. The van der Waals surface area contributed by atoms with Crippen molar-refractivity contribution in [2.45, 2.75) is 6.54 Å². The molecule has 7 heteroatoms. The SMILES string of the molecule is Fc1ccc(CNc2nc(F)c(F)cc2F)c(F)c1. The van der Waals surface area contributed by atoms with Crippen molar-refractivity contribution in [1.82, 2.24) is 4.98 Å². The molecule has 0 bridgehead atoms. The van der Waals surface area contributed by atoms with Crippen LogP contribution < -0.4 is 5.32 Å².